The topological polar surface area (TPSA) is 6.25 Å². The van der Waals surface area contributed by atoms with Gasteiger partial charge in [0.25, 0.3) is 15.5 Å². The zero-order chi connectivity index (χ0) is 24.9. The van der Waals surface area contributed by atoms with Crippen molar-refractivity contribution in [2.75, 3.05) is 4.57 Å². The molecule has 2 aromatic carbocycles. The van der Waals surface area contributed by atoms with Crippen LogP contribution in [0.3, 0.4) is 0 Å². The first-order valence-electron chi connectivity index (χ1n) is 12.9. The molecule has 0 saturated carbocycles. The second-order valence-electron chi connectivity index (χ2n) is 12.2. The van der Waals surface area contributed by atoms with E-state index in [1.54, 1.807) is 0 Å². The molecule has 2 nitrogen and oxygen atoms in total. The van der Waals surface area contributed by atoms with E-state index in [0.717, 1.165) is 0 Å². The molecule has 4 heteroatoms. The minimum atomic E-state index is -1.81. The van der Waals surface area contributed by atoms with Gasteiger partial charge in [-0.2, -0.15) is 0 Å². The van der Waals surface area contributed by atoms with Crippen LogP contribution in [0.1, 0.15) is 101 Å². The number of nitrogens with zero attached hydrogens (tertiary/aromatic N) is 2. The van der Waals surface area contributed by atoms with Crippen LogP contribution in [0.2, 0.25) is 26.2 Å². The van der Waals surface area contributed by atoms with Crippen LogP contribution in [0.25, 0.3) is 0 Å². The number of rotatable bonds is 6. The summed E-state index contributed by atoms with van der Waals surface area (Å²) in [6, 6.07) is 14.0. The fraction of sp³-hybridized carbons (Fsp3) is 0.552. The van der Waals surface area contributed by atoms with Gasteiger partial charge in [0.15, 0.2) is 0 Å². The van der Waals surface area contributed by atoms with Crippen molar-refractivity contribution in [2.45, 2.75) is 105 Å². The molecule has 0 bridgehead atoms. The summed E-state index contributed by atoms with van der Waals surface area (Å²) in [5, 5.41) is 0. The van der Waals surface area contributed by atoms with Crippen molar-refractivity contribution in [1.82, 2.24) is 0 Å². The molecule has 0 N–H and O–H groups in total. The lowest BCUT2D eigenvalue weighted by Crippen LogP contribution is -2.64. The predicted molar refractivity (Wildman–Crippen MR) is 153 cm³/mol. The lowest BCUT2D eigenvalue weighted by atomic mass is 9.92. The molecule has 0 aromatic heterocycles. The molecule has 0 spiro atoms. The Kier molecular flexibility index (Phi) is 7.22. The van der Waals surface area contributed by atoms with Crippen LogP contribution >= 0.6 is 0 Å². The Bertz CT molecular complexity index is 993. The van der Waals surface area contributed by atoms with E-state index in [-0.39, 0.29) is 0 Å². The molecule has 1 heterocycles. The molecule has 3 rings (SSSR count). The third-order valence-corrected chi connectivity index (χ3v) is 24.6. The highest BCUT2D eigenvalue weighted by Gasteiger charge is 2.64. The van der Waals surface area contributed by atoms with Crippen molar-refractivity contribution in [1.29, 1.82) is 0 Å². The first-order chi connectivity index (χ1) is 15.2. The van der Waals surface area contributed by atoms with Gasteiger partial charge in [0.1, 0.15) is 11.4 Å². The number of benzene rings is 2. The maximum atomic E-state index is 2.80. The van der Waals surface area contributed by atoms with Crippen molar-refractivity contribution < 1.29 is 4.24 Å². The monoisotopic (exact) mass is 479 g/mol. The maximum absolute atomic E-state index is 2.80. The molecule has 0 fully saturated rings. The lowest BCUT2D eigenvalue weighted by molar-refractivity contribution is -0.285. The van der Waals surface area contributed by atoms with Crippen LogP contribution in [0.15, 0.2) is 36.4 Å². The second-order valence-corrected chi connectivity index (χ2v) is 26.7. The highest BCUT2D eigenvalue weighted by Crippen LogP contribution is 2.45. The third-order valence-electron chi connectivity index (χ3n) is 8.10. The summed E-state index contributed by atoms with van der Waals surface area (Å²) in [5.41, 5.74) is 8.96. The van der Waals surface area contributed by atoms with Crippen LogP contribution in [0.4, 0.5) is 11.4 Å². The van der Waals surface area contributed by atoms with Crippen molar-refractivity contribution in [3.8, 4) is 0 Å². The standard InChI is InChI=1S/C29H47N2Si2/c1-20(2)24-15-13-16-25(21(3)4)28(24)30-19-31(33(11,12)32(30,9)10)29-26(22(5)6)17-14-18-27(29)23(7)8/h13-23H,1-12H3/q+1. The number of hydrogen-bond donors (Lipinski definition) is 0. The lowest BCUT2D eigenvalue weighted by Gasteiger charge is -2.34. The smallest absolute Gasteiger partial charge is 0.283 e. The Labute approximate surface area is 205 Å². The first-order valence-corrected chi connectivity index (χ1v) is 19.8. The zero-order valence-electron chi connectivity index (χ0n) is 23.2. The largest absolute Gasteiger partial charge is 0.295 e. The summed E-state index contributed by atoms with van der Waals surface area (Å²) in [6.07, 6.45) is 2.55. The van der Waals surface area contributed by atoms with E-state index in [1.807, 2.05) is 0 Å². The average molecular weight is 480 g/mol. The molecular weight excluding hydrogens is 433 g/mol. The average Bonchev–Trinajstić information content (AvgIpc) is 2.90. The Morgan fingerprint density at radius 2 is 0.970 bits per heavy atom. The molecular formula is C29H47N2Si2+. The Hall–Kier alpha value is -1.66. The maximum Gasteiger partial charge on any atom is 0.295 e. The molecule has 33 heavy (non-hydrogen) atoms. The van der Waals surface area contributed by atoms with Crippen molar-refractivity contribution >= 4 is 33.2 Å². The van der Waals surface area contributed by atoms with Crippen LogP contribution in [-0.2, 0) is 0 Å². The Morgan fingerprint density at radius 1 is 0.606 bits per heavy atom. The summed E-state index contributed by atoms with van der Waals surface area (Å²) < 4.78 is 5.59. The van der Waals surface area contributed by atoms with Crippen LogP contribution < -0.4 is 4.57 Å². The van der Waals surface area contributed by atoms with E-state index < -0.39 is 15.5 Å². The SMILES string of the molecule is CC(C)c1cccc(C(C)C)c1N1C=[N+](c2c(C(C)C)cccc2C(C)C)[Si](C)(C)[Si]1(C)C. The summed E-state index contributed by atoms with van der Waals surface area (Å²) in [5.74, 6) is 2.02. The minimum Gasteiger partial charge on any atom is -0.283 e. The number of para-hydroxylation sites is 2. The highest BCUT2D eigenvalue weighted by atomic mass is 29.3. The first kappa shape index (κ1) is 26.0. The van der Waals surface area contributed by atoms with Gasteiger partial charge in [0, 0.05) is 22.3 Å². The summed E-state index contributed by atoms with van der Waals surface area (Å²) in [6.45, 7) is 29.2. The van der Waals surface area contributed by atoms with Crippen molar-refractivity contribution in [3.05, 3.63) is 58.7 Å². The van der Waals surface area contributed by atoms with Crippen LogP contribution in [0.5, 0.6) is 0 Å². The Balaban J connectivity index is 2.39. The van der Waals surface area contributed by atoms with Crippen molar-refractivity contribution in [2.24, 2.45) is 0 Å². The van der Waals surface area contributed by atoms with Gasteiger partial charge in [-0.05, 0) is 49.9 Å². The van der Waals surface area contributed by atoms with E-state index in [2.05, 4.69) is 133 Å². The molecule has 0 amide bonds. The molecule has 1 aliphatic rings. The molecule has 0 saturated heterocycles. The zero-order valence-corrected chi connectivity index (χ0v) is 25.2. The Morgan fingerprint density at radius 3 is 1.33 bits per heavy atom. The summed E-state index contributed by atoms with van der Waals surface area (Å²) >= 11 is 0. The van der Waals surface area contributed by atoms with Gasteiger partial charge < -0.3 is 0 Å². The molecule has 0 radical (unpaired) electrons. The quantitative estimate of drug-likeness (QED) is 0.375. The van der Waals surface area contributed by atoms with Gasteiger partial charge in [0.2, 0.25) is 6.34 Å². The second kappa shape index (κ2) is 9.18. The van der Waals surface area contributed by atoms with Crippen LogP contribution in [0, 0.1) is 0 Å². The van der Waals surface area contributed by atoms with Gasteiger partial charge >= 0.3 is 0 Å². The van der Waals surface area contributed by atoms with E-state index in [0.29, 0.717) is 23.7 Å². The fourth-order valence-electron chi connectivity index (χ4n) is 5.25. The van der Waals surface area contributed by atoms with Crippen molar-refractivity contribution in [3.63, 3.8) is 0 Å². The normalized spacial score (nSPS) is 17.6. The van der Waals surface area contributed by atoms with E-state index >= 15 is 0 Å². The fourth-order valence-corrected chi connectivity index (χ4v) is 13.5. The number of anilines is 1. The molecule has 2 aromatic rings. The number of hydrogen-bond acceptors (Lipinski definition) is 1. The predicted octanol–water partition coefficient (Wildman–Crippen LogP) is 8.86. The summed E-state index contributed by atoms with van der Waals surface area (Å²) in [7, 11) is -3.62. The third kappa shape index (κ3) is 4.29. The molecule has 0 unspecified atom stereocenters. The van der Waals surface area contributed by atoms with E-state index in [1.165, 1.54) is 33.6 Å². The summed E-state index contributed by atoms with van der Waals surface area (Å²) in [4.78, 5) is 0. The van der Waals surface area contributed by atoms with Gasteiger partial charge in [-0.3, -0.25) is 8.81 Å². The van der Waals surface area contributed by atoms with E-state index in [9.17, 15) is 0 Å². The molecule has 0 atom stereocenters. The minimum absolute atomic E-state index is 0.505. The van der Waals surface area contributed by atoms with Gasteiger partial charge in [-0.25, -0.2) is 0 Å². The molecule has 180 valence electrons. The van der Waals surface area contributed by atoms with Gasteiger partial charge in [0.05, 0.1) is 0 Å². The molecule has 0 aliphatic carbocycles. The molecule has 1 aliphatic heterocycles. The van der Waals surface area contributed by atoms with Gasteiger partial charge in [-0.1, -0.05) is 91.8 Å². The highest BCUT2D eigenvalue weighted by molar-refractivity contribution is 7.40. The van der Waals surface area contributed by atoms with Crippen LogP contribution in [-0.4, -0.2) is 26.1 Å². The van der Waals surface area contributed by atoms with Gasteiger partial charge in [-0.15, -0.1) is 0 Å². The van der Waals surface area contributed by atoms with E-state index in [4.69, 9.17) is 0 Å².